The predicted molar refractivity (Wildman–Crippen MR) is 141 cm³/mol. The summed E-state index contributed by atoms with van der Waals surface area (Å²) in [5.74, 6) is -0.328. The zero-order chi connectivity index (χ0) is 27.3. The van der Waals surface area contributed by atoms with Crippen molar-refractivity contribution in [3.05, 3.63) is 54.1 Å². The Morgan fingerprint density at radius 2 is 1.86 bits per heavy atom. The van der Waals surface area contributed by atoms with Gasteiger partial charge in [0.15, 0.2) is 0 Å². The van der Waals surface area contributed by atoms with Crippen molar-refractivity contribution in [2.24, 2.45) is 5.92 Å². The van der Waals surface area contributed by atoms with Crippen molar-refractivity contribution < 1.29 is 27.9 Å². The SMILES string of the molecule is CC(C)NC(=O)Nc1ccc2c(c1)C(=O)N([C@H](C)CO)C[C@@H](C)[C@@H](CN(C)S(=O)(=O)c1ccccc1)O2. The van der Waals surface area contributed by atoms with Gasteiger partial charge in [0.25, 0.3) is 5.91 Å². The number of hydrogen-bond acceptors (Lipinski definition) is 6. The molecule has 3 N–H and O–H groups in total. The van der Waals surface area contributed by atoms with E-state index in [2.05, 4.69) is 10.6 Å². The van der Waals surface area contributed by atoms with Gasteiger partial charge in [0, 0.05) is 31.2 Å². The Labute approximate surface area is 218 Å². The highest BCUT2D eigenvalue weighted by atomic mass is 32.2. The number of amides is 3. The molecule has 37 heavy (non-hydrogen) atoms. The number of sulfonamides is 1. The first-order valence-electron chi connectivity index (χ1n) is 12.3. The molecular weight excluding hydrogens is 496 g/mol. The number of carbonyl (C=O) groups excluding carboxylic acids is 2. The van der Waals surface area contributed by atoms with Crippen molar-refractivity contribution in [2.75, 3.05) is 32.1 Å². The molecule has 10 nitrogen and oxygen atoms in total. The van der Waals surface area contributed by atoms with E-state index in [-0.39, 0.29) is 53.8 Å². The molecule has 1 heterocycles. The number of anilines is 1. The van der Waals surface area contributed by atoms with Crippen molar-refractivity contribution in [1.82, 2.24) is 14.5 Å². The van der Waals surface area contributed by atoms with Crippen LogP contribution in [0.1, 0.15) is 38.1 Å². The Morgan fingerprint density at radius 3 is 2.49 bits per heavy atom. The fourth-order valence-corrected chi connectivity index (χ4v) is 5.28. The molecule has 0 unspecified atom stereocenters. The minimum atomic E-state index is -3.76. The third kappa shape index (κ3) is 6.79. The van der Waals surface area contributed by atoms with E-state index in [1.165, 1.54) is 29.6 Å². The van der Waals surface area contributed by atoms with E-state index in [4.69, 9.17) is 4.74 Å². The number of rotatable bonds is 8. The normalized spacial score (nSPS) is 19.0. The van der Waals surface area contributed by atoms with Gasteiger partial charge in [-0.15, -0.1) is 0 Å². The van der Waals surface area contributed by atoms with E-state index >= 15 is 0 Å². The maximum absolute atomic E-state index is 13.5. The highest BCUT2D eigenvalue weighted by Crippen LogP contribution is 2.31. The number of hydrogen-bond donors (Lipinski definition) is 3. The Kier molecular flexibility index (Phi) is 9.16. The molecule has 0 radical (unpaired) electrons. The molecule has 0 saturated carbocycles. The molecule has 1 aliphatic rings. The second kappa shape index (κ2) is 11.9. The number of aliphatic hydroxyl groups is 1. The molecule has 2 aromatic rings. The molecule has 202 valence electrons. The van der Waals surface area contributed by atoms with E-state index in [0.29, 0.717) is 5.69 Å². The molecule has 0 bridgehead atoms. The molecule has 3 rings (SSSR count). The summed E-state index contributed by atoms with van der Waals surface area (Å²) in [5, 5.41) is 15.3. The first kappa shape index (κ1) is 28.4. The maximum atomic E-state index is 13.5. The lowest BCUT2D eigenvalue weighted by molar-refractivity contribution is 0.0387. The van der Waals surface area contributed by atoms with Gasteiger partial charge in [0.2, 0.25) is 10.0 Å². The number of likely N-dealkylation sites (N-methyl/N-ethyl adjacent to an activating group) is 1. The van der Waals surface area contributed by atoms with Crippen LogP contribution >= 0.6 is 0 Å². The van der Waals surface area contributed by atoms with Gasteiger partial charge < -0.3 is 25.4 Å². The summed E-state index contributed by atoms with van der Waals surface area (Å²) in [4.78, 5) is 27.5. The minimum absolute atomic E-state index is 0.0458. The Balaban J connectivity index is 1.95. The quantitative estimate of drug-likeness (QED) is 0.480. The molecular formula is C26H36N4O6S. The van der Waals surface area contributed by atoms with Crippen LogP contribution in [0.3, 0.4) is 0 Å². The lowest BCUT2D eigenvalue weighted by atomic mass is 9.99. The number of ether oxygens (including phenoxy) is 1. The summed E-state index contributed by atoms with van der Waals surface area (Å²) in [6, 6.07) is 12.0. The van der Waals surface area contributed by atoms with E-state index < -0.39 is 28.2 Å². The lowest BCUT2D eigenvalue weighted by Gasteiger charge is -2.38. The lowest BCUT2D eigenvalue weighted by Crippen LogP contribution is -2.50. The standard InChI is InChI=1S/C26H36N4O6S/c1-17(2)27-26(33)28-20-11-12-23-22(13-20)25(32)30(19(4)16-31)14-18(3)24(36-23)15-29(5)37(34,35)21-9-7-6-8-10-21/h6-13,17-19,24,31H,14-16H2,1-5H3,(H2,27,28,33)/t18-,19-,24-/m1/s1. The Bertz CT molecular complexity index is 1200. The number of urea groups is 1. The molecule has 3 atom stereocenters. The molecule has 0 aromatic heterocycles. The highest BCUT2D eigenvalue weighted by molar-refractivity contribution is 7.89. The van der Waals surface area contributed by atoms with E-state index in [9.17, 15) is 23.1 Å². The van der Waals surface area contributed by atoms with Crippen molar-refractivity contribution in [1.29, 1.82) is 0 Å². The number of aliphatic hydroxyl groups excluding tert-OH is 1. The molecule has 0 fully saturated rings. The fourth-order valence-electron chi connectivity index (χ4n) is 4.07. The number of fused-ring (bicyclic) bond motifs is 1. The van der Waals surface area contributed by atoms with Crippen LogP contribution in [0.4, 0.5) is 10.5 Å². The summed E-state index contributed by atoms with van der Waals surface area (Å²) in [7, 11) is -2.26. The van der Waals surface area contributed by atoms with Crippen LogP contribution in [-0.4, -0.2) is 79.6 Å². The average molecular weight is 533 g/mol. The fraction of sp³-hybridized carbons (Fsp3) is 0.462. The van der Waals surface area contributed by atoms with Crippen molar-refractivity contribution in [3.8, 4) is 5.75 Å². The second-order valence-electron chi connectivity index (χ2n) is 9.69. The van der Waals surface area contributed by atoms with E-state index in [1.807, 2.05) is 20.8 Å². The summed E-state index contributed by atoms with van der Waals surface area (Å²) in [6.45, 7) is 7.35. The van der Waals surface area contributed by atoms with Crippen LogP contribution in [0.2, 0.25) is 0 Å². The monoisotopic (exact) mass is 532 g/mol. The van der Waals surface area contributed by atoms with Crippen LogP contribution in [0.15, 0.2) is 53.4 Å². The van der Waals surface area contributed by atoms with Crippen molar-refractivity contribution in [3.63, 3.8) is 0 Å². The summed E-state index contributed by atoms with van der Waals surface area (Å²) < 4.78 is 33.8. The van der Waals surface area contributed by atoms with Crippen LogP contribution in [-0.2, 0) is 10.0 Å². The van der Waals surface area contributed by atoms with Gasteiger partial charge in [-0.2, -0.15) is 4.31 Å². The number of carbonyl (C=O) groups is 2. The van der Waals surface area contributed by atoms with Gasteiger partial charge in [-0.05, 0) is 51.1 Å². The first-order chi connectivity index (χ1) is 17.4. The van der Waals surface area contributed by atoms with E-state index in [0.717, 1.165) is 0 Å². The number of nitrogens with zero attached hydrogens (tertiary/aromatic N) is 2. The first-order valence-corrected chi connectivity index (χ1v) is 13.7. The molecule has 1 aliphatic heterocycles. The third-order valence-electron chi connectivity index (χ3n) is 6.23. The third-order valence-corrected chi connectivity index (χ3v) is 8.07. The number of nitrogens with one attached hydrogen (secondary N) is 2. The van der Waals surface area contributed by atoms with Crippen molar-refractivity contribution >= 4 is 27.6 Å². The van der Waals surface area contributed by atoms with Gasteiger partial charge in [-0.25, -0.2) is 13.2 Å². The molecule has 2 aromatic carbocycles. The minimum Gasteiger partial charge on any atom is -0.488 e. The van der Waals surface area contributed by atoms with Gasteiger partial charge in [0.1, 0.15) is 11.9 Å². The van der Waals surface area contributed by atoms with Crippen molar-refractivity contribution in [2.45, 2.75) is 50.8 Å². The highest BCUT2D eigenvalue weighted by Gasteiger charge is 2.35. The zero-order valence-electron chi connectivity index (χ0n) is 21.8. The van der Waals surface area contributed by atoms with E-state index in [1.54, 1.807) is 42.2 Å². The molecule has 0 spiro atoms. The largest absolute Gasteiger partial charge is 0.488 e. The van der Waals surface area contributed by atoms with Crippen LogP contribution < -0.4 is 15.4 Å². The maximum Gasteiger partial charge on any atom is 0.319 e. The molecule has 11 heteroatoms. The van der Waals surface area contributed by atoms with Gasteiger partial charge in [-0.3, -0.25) is 4.79 Å². The summed E-state index contributed by atoms with van der Waals surface area (Å²) >= 11 is 0. The van der Waals surface area contributed by atoms with Crippen LogP contribution in [0.5, 0.6) is 5.75 Å². The van der Waals surface area contributed by atoms with Gasteiger partial charge in [-0.1, -0.05) is 25.1 Å². The smallest absolute Gasteiger partial charge is 0.319 e. The summed E-state index contributed by atoms with van der Waals surface area (Å²) in [5.41, 5.74) is 0.618. The zero-order valence-corrected chi connectivity index (χ0v) is 22.7. The topological polar surface area (TPSA) is 128 Å². The second-order valence-corrected chi connectivity index (χ2v) is 11.7. The average Bonchev–Trinajstić information content (AvgIpc) is 2.85. The molecule has 0 saturated heterocycles. The van der Waals surface area contributed by atoms with Crippen LogP contribution in [0.25, 0.3) is 0 Å². The van der Waals surface area contributed by atoms with Gasteiger partial charge in [0.05, 0.1) is 29.7 Å². The van der Waals surface area contributed by atoms with Gasteiger partial charge >= 0.3 is 6.03 Å². The van der Waals surface area contributed by atoms with Crippen LogP contribution in [0, 0.1) is 5.92 Å². The predicted octanol–water partition coefficient (Wildman–Crippen LogP) is 2.76. The summed E-state index contributed by atoms with van der Waals surface area (Å²) in [6.07, 6.45) is -0.591. The number of benzene rings is 2. The molecule has 0 aliphatic carbocycles. The Morgan fingerprint density at radius 1 is 1.19 bits per heavy atom. The Hall–Kier alpha value is -3.15. The molecule has 3 amide bonds.